The lowest BCUT2D eigenvalue weighted by molar-refractivity contribution is -0.00148. The lowest BCUT2D eigenvalue weighted by atomic mass is 10.0. The average molecular weight is 228 g/mol. The Morgan fingerprint density at radius 2 is 2.56 bits per heavy atom. The number of nitrogens with zero attached hydrogens (tertiary/aromatic N) is 1. The summed E-state index contributed by atoms with van der Waals surface area (Å²) in [5, 5.41) is 9.14. The first kappa shape index (κ1) is 9.80. The van der Waals surface area contributed by atoms with Gasteiger partial charge in [-0.1, -0.05) is 0 Å². The van der Waals surface area contributed by atoms with E-state index in [4.69, 9.17) is 11.2 Å². The zero-order chi connectivity index (χ0) is 12.4. The van der Waals surface area contributed by atoms with Crippen molar-refractivity contribution in [1.29, 1.82) is 0 Å². The van der Waals surface area contributed by atoms with Crippen LogP contribution < -0.4 is 11.2 Å². The van der Waals surface area contributed by atoms with E-state index in [1.54, 1.807) is 0 Å². The van der Waals surface area contributed by atoms with Gasteiger partial charge in [-0.05, 0) is 6.90 Å². The number of nitrogens with one attached hydrogen (secondary N) is 1. The summed E-state index contributed by atoms with van der Waals surface area (Å²) in [7, 11) is 0. The van der Waals surface area contributed by atoms with Crippen molar-refractivity contribution in [3.05, 3.63) is 33.1 Å². The Bertz CT molecular complexity index is 486. The topological polar surface area (TPSA) is 84.3 Å². The number of rotatable bonds is 2. The first-order valence-electron chi connectivity index (χ1n) is 5.73. The van der Waals surface area contributed by atoms with E-state index in [2.05, 4.69) is 4.98 Å². The van der Waals surface area contributed by atoms with Crippen molar-refractivity contribution in [3.8, 4) is 0 Å². The third-order valence-electron chi connectivity index (χ3n) is 2.76. The number of hydrogen-bond donors (Lipinski definition) is 2. The smallest absolute Gasteiger partial charge is 0.330 e. The highest BCUT2D eigenvalue weighted by Crippen LogP contribution is 2.31. The van der Waals surface area contributed by atoms with Crippen molar-refractivity contribution in [1.82, 2.24) is 9.55 Å². The molecular formula is C10H14N2O4. The van der Waals surface area contributed by atoms with Gasteiger partial charge in [0.25, 0.3) is 5.56 Å². The minimum Gasteiger partial charge on any atom is -0.396 e. The second-order valence-electron chi connectivity index (χ2n) is 3.82. The molecule has 16 heavy (non-hydrogen) atoms. The zero-order valence-corrected chi connectivity index (χ0v) is 8.63. The van der Waals surface area contributed by atoms with Crippen LogP contribution >= 0.6 is 0 Å². The van der Waals surface area contributed by atoms with Crippen molar-refractivity contribution in [2.75, 3.05) is 6.61 Å². The predicted molar refractivity (Wildman–Crippen MR) is 56.1 cm³/mol. The van der Waals surface area contributed by atoms with Gasteiger partial charge in [-0.2, -0.15) is 0 Å². The van der Waals surface area contributed by atoms with Gasteiger partial charge in [0.15, 0.2) is 0 Å². The molecule has 1 aliphatic rings. The molecule has 88 valence electrons. The molecule has 3 atom stereocenters. The lowest BCUT2D eigenvalue weighted by Crippen LogP contribution is -2.31. The Morgan fingerprint density at radius 3 is 3.12 bits per heavy atom. The molecule has 6 heteroatoms. The van der Waals surface area contributed by atoms with Crippen LogP contribution in [0.1, 0.15) is 20.9 Å². The molecule has 1 aliphatic heterocycles. The molecule has 0 unspecified atom stereocenters. The van der Waals surface area contributed by atoms with Crippen LogP contribution in [0.15, 0.2) is 21.9 Å². The van der Waals surface area contributed by atoms with E-state index in [1.165, 1.54) is 16.8 Å². The molecule has 1 aromatic rings. The number of aromatic nitrogens is 2. The molecule has 6 nitrogen and oxygen atoms in total. The predicted octanol–water partition coefficient (Wildman–Crippen LogP) is -0.548. The van der Waals surface area contributed by atoms with Crippen LogP contribution in [-0.4, -0.2) is 27.4 Å². The minimum atomic E-state index is -0.537. The van der Waals surface area contributed by atoms with E-state index >= 15 is 0 Å². The van der Waals surface area contributed by atoms with Crippen molar-refractivity contribution in [2.45, 2.75) is 25.7 Å². The maximum absolute atomic E-state index is 11.5. The summed E-state index contributed by atoms with van der Waals surface area (Å²) in [5.74, 6) is -0.142. The molecule has 0 radical (unpaired) electrons. The van der Waals surface area contributed by atoms with E-state index in [1.807, 2.05) is 0 Å². The van der Waals surface area contributed by atoms with Crippen molar-refractivity contribution < 1.29 is 11.2 Å². The number of H-pyrrole nitrogens is 1. The molecule has 0 spiro atoms. The second-order valence-corrected chi connectivity index (χ2v) is 3.82. The molecular weight excluding hydrogens is 212 g/mol. The summed E-state index contributed by atoms with van der Waals surface area (Å²) < 4.78 is 14.1. The highest BCUT2D eigenvalue weighted by molar-refractivity contribution is 4.87. The van der Waals surface area contributed by atoms with Crippen LogP contribution in [0.4, 0.5) is 0 Å². The Kier molecular flexibility index (Phi) is 2.59. The molecule has 1 fully saturated rings. The number of aliphatic hydroxyl groups excluding tert-OH is 1. The molecule has 2 N–H and O–H groups in total. The molecule has 0 amide bonds. The van der Waals surface area contributed by atoms with Gasteiger partial charge in [0.2, 0.25) is 0 Å². The van der Waals surface area contributed by atoms with Crippen LogP contribution in [0.25, 0.3) is 0 Å². The van der Waals surface area contributed by atoms with E-state index in [0.29, 0.717) is 6.42 Å². The quantitative estimate of drug-likeness (QED) is 0.711. The summed E-state index contributed by atoms with van der Waals surface area (Å²) in [6.45, 7) is -0.0298. The summed E-state index contributed by atoms with van der Waals surface area (Å²) in [6, 6.07) is 1.24. The van der Waals surface area contributed by atoms with Crippen LogP contribution in [-0.2, 0) is 4.74 Å². The van der Waals surface area contributed by atoms with Gasteiger partial charge < -0.3 is 9.84 Å². The number of aliphatic hydroxyl groups is 1. The maximum Gasteiger partial charge on any atom is 0.330 e. The molecule has 0 bridgehead atoms. The third-order valence-corrected chi connectivity index (χ3v) is 2.76. The van der Waals surface area contributed by atoms with Gasteiger partial charge in [0.1, 0.15) is 6.23 Å². The second kappa shape index (κ2) is 4.23. The number of ether oxygens (including phenoxy) is 1. The average Bonchev–Trinajstić information content (AvgIpc) is 2.72. The Hall–Kier alpha value is -1.40. The molecule has 0 aromatic carbocycles. The SMILES string of the molecule is [3H]C[C@H]1O[C@@H](n2ccc(=O)[nH]c2=O)C[C@@H]1CO. The Balaban J connectivity index is 2.25. The summed E-state index contributed by atoms with van der Waals surface area (Å²) in [6.07, 6.45) is 0.939. The highest BCUT2D eigenvalue weighted by Gasteiger charge is 2.33. The fourth-order valence-corrected chi connectivity index (χ4v) is 1.80. The van der Waals surface area contributed by atoms with Crippen LogP contribution in [0.3, 0.4) is 0 Å². The van der Waals surface area contributed by atoms with Gasteiger partial charge in [0.05, 0.1) is 6.10 Å². The first-order chi connectivity index (χ1) is 8.15. The van der Waals surface area contributed by atoms with Crippen molar-refractivity contribution in [2.24, 2.45) is 5.92 Å². The maximum atomic E-state index is 11.5. The molecule has 1 saturated heterocycles. The van der Waals surface area contributed by atoms with Gasteiger partial charge in [0, 0.05) is 32.6 Å². The van der Waals surface area contributed by atoms with Crippen LogP contribution in [0.5, 0.6) is 0 Å². The normalized spacial score (nSPS) is 30.3. The number of aromatic amines is 1. The van der Waals surface area contributed by atoms with E-state index < -0.39 is 17.5 Å². The summed E-state index contributed by atoms with van der Waals surface area (Å²) in [5.41, 5.74) is -0.996. The molecule has 2 rings (SSSR count). The van der Waals surface area contributed by atoms with Gasteiger partial charge >= 0.3 is 5.69 Å². The van der Waals surface area contributed by atoms with E-state index in [-0.39, 0.29) is 25.5 Å². The first-order valence-corrected chi connectivity index (χ1v) is 5.02. The van der Waals surface area contributed by atoms with Gasteiger partial charge in [-0.25, -0.2) is 4.79 Å². The molecule has 1 aromatic heterocycles. The lowest BCUT2D eigenvalue weighted by Gasteiger charge is -2.12. The van der Waals surface area contributed by atoms with E-state index in [0.717, 1.165) is 0 Å². The third kappa shape index (κ3) is 1.94. The van der Waals surface area contributed by atoms with E-state index in [9.17, 15) is 9.59 Å². The zero-order valence-electron chi connectivity index (χ0n) is 9.63. The minimum absolute atomic E-state index is 0.0415. The van der Waals surface area contributed by atoms with Crippen LogP contribution in [0, 0.1) is 5.92 Å². The largest absolute Gasteiger partial charge is 0.396 e. The van der Waals surface area contributed by atoms with Gasteiger partial charge in [-0.3, -0.25) is 14.3 Å². The highest BCUT2D eigenvalue weighted by atomic mass is 16.5. The molecule has 0 aliphatic carbocycles. The van der Waals surface area contributed by atoms with Crippen molar-refractivity contribution >= 4 is 0 Å². The van der Waals surface area contributed by atoms with Gasteiger partial charge in [-0.15, -0.1) is 0 Å². The summed E-state index contributed by atoms with van der Waals surface area (Å²) in [4.78, 5) is 24.6. The molecule has 0 saturated carbocycles. The van der Waals surface area contributed by atoms with Crippen LogP contribution in [0.2, 0.25) is 0 Å². The standard InChI is InChI=1S/C10H14N2O4/c1-6-7(5-13)4-9(16-6)12-3-2-8(14)11-10(12)15/h2-3,6-7,9,13H,4-5H2,1H3,(H,11,14,15)/t6-,7-,9-/m1/s1/i1T. The molecule has 2 heterocycles. The summed E-state index contributed by atoms with van der Waals surface area (Å²) >= 11 is 0. The number of hydrogen-bond acceptors (Lipinski definition) is 4. The van der Waals surface area contributed by atoms with Crippen molar-refractivity contribution in [3.63, 3.8) is 0 Å². The fraction of sp³-hybridized carbons (Fsp3) is 0.600. The fourth-order valence-electron chi connectivity index (χ4n) is 1.80. The Labute approximate surface area is 92.9 Å². The monoisotopic (exact) mass is 228 g/mol. The Morgan fingerprint density at radius 1 is 1.75 bits per heavy atom.